The van der Waals surface area contributed by atoms with Crippen molar-refractivity contribution in [1.29, 1.82) is 0 Å². The fourth-order valence-corrected chi connectivity index (χ4v) is 2.50. The fourth-order valence-electron chi connectivity index (χ4n) is 2.50. The number of carboxylic acid groups (broad SMARTS) is 1. The number of rotatable bonds is 4. The van der Waals surface area contributed by atoms with E-state index in [-0.39, 0.29) is 12.2 Å². The number of carbonyl (C=O) groups is 2. The molecule has 0 saturated heterocycles. The molecule has 1 aliphatic rings. The molecule has 0 heterocycles. The molecule has 0 aromatic heterocycles. The number of hydrogen-bond donors (Lipinski definition) is 1. The summed E-state index contributed by atoms with van der Waals surface area (Å²) >= 11 is 0. The average molecular weight is 248 g/mol. The lowest BCUT2D eigenvalue weighted by Gasteiger charge is -2.18. The molecule has 18 heavy (non-hydrogen) atoms. The van der Waals surface area contributed by atoms with Crippen LogP contribution in [0.2, 0.25) is 0 Å². The number of ketones is 1. The minimum atomic E-state index is -0.941. The van der Waals surface area contributed by atoms with E-state index in [4.69, 9.17) is 9.84 Å². The van der Waals surface area contributed by atoms with Crippen LogP contribution in [0.5, 0.6) is 5.75 Å². The summed E-state index contributed by atoms with van der Waals surface area (Å²) in [5, 5.41) is 8.90. The van der Waals surface area contributed by atoms with Crippen LogP contribution in [-0.4, -0.2) is 23.5 Å². The predicted molar refractivity (Wildman–Crippen MR) is 66.0 cm³/mol. The van der Waals surface area contributed by atoms with E-state index in [0.717, 1.165) is 11.3 Å². The zero-order valence-corrected chi connectivity index (χ0v) is 10.5. The van der Waals surface area contributed by atoms with Gasteiger partial charge in [0.2, 0.25) is 0 Å². The number of aliphatic carboxylic acids is 1. The van der Waals surface area contributed by atoms with Crippen molar-refractivity contribution in [1.82, 2.24) is 0 Å². The second-order valence-corrected chi connectivity index (χ2v) is 4.89. The van der Waals surface area contributed by atoms with Gasteiger partial charge in [0.1, 0.15) is 5.75 Å². The molecule has 0 fully saturated rings. The van der Waals surface area contributed by atoms with Gasteiger partial charge in [0, 0.05) is 11.0 Å². The van der Waals surface area contributed by atoms with Crippen molar-refractivity contribution in [3.05, 3.63) is 29.3 Å². The Labute approximate surface area is 106 Å². The molecule has 0 bridgehead atoms. The van der Waals surface area contributed by atoms with Gasteiger partial charge in [0.05, 0.1) is 13.0 Å². The van der Waals surface area contributed by atoms with Crippen molar-refractivity contribution >= 4 is 11.8 Å². The SMILES string of the molecule is CCOc1ccc2c(c1)CC(C)(CC(=O)O)C2=O. The molecule has 0 radical (unpaired) electrons. The Balaban J connectivity index is 2.32. The van der Waals surface area contributed by atoms with Gasteiger partial charge in [-0.1, -0.05) is 6.92 Å². The Morgan fingerprint density at radius 1 is 1.50 bits per heavy atom. The van der Waals surface area contributed by atoms with E-state index in [0.29, 0.717) is 18.6 Å². The first-order valence-electron chi connectivity index (χ1n) is 5.98. The molecule has 2 rings (SSSR count). The molecule has 4 nitrogen and oxygen atoms in total. The van der Waals surface area contributed by atoms with Crippen LogP contribution in [0.3, 0.4) is 0 Å². The topological polar surface area (TPSA) is 63.6 Å². The smallest absolute Gasteiger partial charge is 0.304 e. The Morgan fingerprint density at radius 3 is 2.83 bits per heavy atom. The van der Waals surface area contributed by atoms with Crippen molar-refractivity contribution in [2.45, 2.75) is 26.7 Å². The second-order valence-electron chi connectivity index (χ2n) is 4.89. The molecule has 0 spiro atoms. The summed E-state index contributed by atoms with van der Waals surface area (Å²) in [7, 11) is 0. The van der Waals surface area contributed by atoms with Crippen LogP contribution < -0.4 is 4.74 Å². The second kappa shape index (κ2) is 4.44. The summed E-state index contributed by atoms with van der Waals surface area (Å²) in [6.45, 7) is 4.18. The van der Waals surface area contributed by atoms with Gasteiger partial charge in [-0.25, -0.2) is 0 Å². The van der Waals surface area contributed by atoms with Gasteiger partial charge in [-0.15, -0.1) is 0 Å². The van der Waals surface area contributed by atoms with Crippen LogP contribution in [0, 0.1) is 5.41 Å². The zero-order valence-electron chi connectivity index (χ0n) is 10.5. The Kier molecular flexibility index (Phi) is 3.11. The van der Waals surface area contributed by atoms with Crippen molar-refractivity contribution < 1.29 is 19.4 Å². The molecule has 1 atom stereocenters. The summed E-state index contributed by atoms with van der Waals surface area (Å²) in [6, 6.07) is 5.33. The maximum absolute atomic E-state index is 12.2. The van der Waals surface area contributed by atoms with E-state index in [9.17, 15) is 9.59 Å². The molecule has 1 aromatic carbocycles. The fraction of sp³-hybridized carbons (Fsp3) is 0.429. The third-order valence-corrected chi connectivity index (χ3v) is 3.30. The summed E-state index contributed by atoms with van der Waals surface area (Å²) in [6.07, 6.45) is 0.332. The van der Waals surface area contributed by atoms with Gasteiger partial charge < -0.3 is 9.84 Å². The first kappa shape index (κ1) is 12.6. The van der Waals surface area contributed by atoms with Crippen LogP contribution in [0.25, 0.3) is 0 Å². The summed E-state index contributed by atoms with van der Waals surface area (Å²) in [5.74, 6) is -0.296. The van der Waals surface area contributed by atoms with Crippen molar-refractivity contribution in [3.8, 4) is 5.75 Å². The quantitative estimate of drug-likeness (QED) is 0.888. The van der Waals surface area contributed by atoms with Crippen LogP contribution in [0.1, 0.15) is 36.2 Å². The largest absolute Gasteiger partial charge is 0.494 e. The lowest BCUT2D eigenvalue weighted by Crippen LogP contribution is -2.27. The average Bonchev–Trinajstić information content (AvgIpc) is 2.50. The van der Waals surface area contributed by atoms with Crippen LogP contribution in [0.15, 0.2) is 18.2 Å². The number of Topliss-reactive ketones (excluding diaryl/α,β-unsaturated/α-hetero) is 1. The normalized spacial score (nSPS) is 21.8. The zero-order chi connectivity index (χ0) is 13.3. The molecule has 96 valence electrons. The molecule has 1 unspecified atom stereocenters. The van der Waals surface area contributed by atoms with E-state index in [2.05, 4.69) is 0 Å². The maximum Gasteiger partial charge on any atom is 0.304 e. The number of carbonyl (C=O) groups excluding carboxylic acids is 1. The van der Waals surface area contributed by atoms with Crippen LogP contribution in [-0.2, 0) is 11.2 Å². The molecule has 1 aromatic rings. The van der Waals surface area contributed by atoms with Gasteiger partial charge in [-0.05, 0) is 37.1 Å². The van der Waals surface area contributed by atoms with E-state index in [1.165, 1.54) is 0 Å². The third-order valence-electron chi connectivity index (χ3n) is 3.30. The predicted octanol–water partition coefficient (Wildman–Crippen LogP) is 2.31. The number of ether oxygens (including phenoxy) is 1. The highest BCUT2D eigenvalue weighted by molar-refractivity contribution is 6.06. The van der Waals surface area contributed by atoms with Crippen molar-refractivity contribution in [2.75, 3.05) is 6.61 Å². The molecule has 0 amide bonds. The summed E-state index contributed by atoms with van der Waals surface area (Å²) in [4.78, 5) is 23.1. The van der Waals surface area contributed by atoms with Crippen LogP contribution in [0.4, 0.5) is 0 Å². The monoisotopic (exact) mass is 248 g/mol. The molecule has 4 heteroatoms. The highest BCUT2D eigenvalue weighted by Gasteiger charge is 2.43. The molecular weight excluding hydrogens is 232 g/mol. The number of hydrogen-bond acceptors (Lipinski definition) is 3. The Bertz CT molecular complexity index is 507. The summed E-state index contributed by atoms with van der Waals surface area (Å²) in [5.41, 5.74) is 0.691. The maximum atomic E-state index is 12.2. The molecule has 1 aliphatic carbocycles. The number of fused-ring (bicyclic) bond motifs is 1. The van der Waals surface area contributed by atoms with E-state index in [1.807, 2.05) is 13.0 Å². The van der Waals surface area contributed by atoms with Gasteiger partial charge in [0.25, 0.3) is 0 Å². The molecule has 0 saturated carbocycles. The van der Waals surface area contributed by atoms with Crippen molar-refractivity contribution in [3.63, 3.8) is 0 Å². The minimum Gasteiger partial charge on any atom is -0.494 e. The standard InChI is InChI=1S/C14H16O4/c1-3-18-10-4-5-11-9(6-10)7-14(2,13(11)17)8-12(15)16/h4-6H,3,7-8H2,1-2H3,(H,15,16). The Hall–Kier alpha value is -1.84. The van der Waals surface area contributed by atoms with Gasteiger partial charge >= 0.3 is 5.97 Å². The van der Waals surface area contributed by atoms with Crippen LogP contribution >= 0.6 is 0 Å². The summed E-state index contributed by atoms with van der Waals surface area (Å²) < 4.78 is 5.39. The van der Waals surface area contributed by atoms with Gasteiger partial charge in [-0.3, -0.25) is 9.59 Å². The van der Waals surface area contributed by atoms with Gasteiger partial charge in [-0.2, -0.15) is 0 Å². The molecular formula is C14H16O4. The van der Waals surface area contributed by atoms with Gasteiger partial charge in [0.15, 0.2) is 5.78 Å². The molecule has 1 N–H and O–H groups in total. The first-order chi connectivity index (χ1) is 8.46. The lowest BCUT2D eigenvalue weighted by molar-refractivity contribution is -0.138. The number of carboxylic acids is 1. The number of benzene rings is 1. The Morgan fingerprint density at radius 2 is 2.22 bits per heavy atom. The first-order valence-corrected chi connectivity index (χ1v) is 5.98. The van der Waals surface area contributed by atoms with E-state index in [1.54, 1.807) is 19.1 Å². The van der Waals surface area contributed by atoms with Crippen molar-refractivity contribution in [2.24, 2.45) is 5.41 Å². The minimum absolute atomic E-state index is 0.0806. The highest BCUT2D eigenvalue weighted by Crippen LogP contribution is 2.40. The van der Waals surface area contributed by atoms with E-state index >= 15 is 0 Å². The third kappa shape index (κ3) is 2.10. The highest BCUT2D eigenvalue weighted by atomic mass is 16.5. The van der Waals surface area contributed by atoms with E-state index < -0.39 is 11.4 Å². The molecule has 0 aliphatic heterocycles. The lowest BCUT2D eigenvalue weighted by atomic mass is 9.83.